The smallest absolute Gasteiger partial charge is 0.182 e. The molecule has 1 heterocycles. The van der Waals surface area contributed by atoms with Gasteiger partial charge in [0.2, 0.25) is 0 Å². The van der Waals surface area contributed by atoms with Crippen molar-refractivity contribution in [2.24, 2.45) is 0 Å². The zero-order chi connectivity index (χ0) is 15.0. The SMILES string of the molecule is Cc1cc(C(=O)C(C)Cl)c(C)n1-c1ccc(Cl)cc1F. The standard InChI is InChI=1S/C15H14Cl2FNO/c1-8-6-12(15(20)9(2)16)10(3)19(8)14-5-4-11(17)7-13(14)18/h4-7,9H,1-3H3. The highest BCUT2D eigenvalue weighted by Gasteiger charge is 2.21. The van der Waals surface area contributed by atoms with Crippen molar-refractivity contribution in [1.29, 1.82) is 0 Å². The van der Waals surface area contributed by atoms with E-state index in [1.165, 1.54) is 6.07 Å². The minimum absolute atomic E-state index is 0.166. The number of hydrogen-bond donors (Lipinski definition) is 0. The van der Waals surface area contributed by atoms with Gasteiger partial charge in [0.15, 0.2) is 5.78 Å². The summed E-state index contributed by atoms with van der Waals surface area (Å²) < 4.78 is 15.7. The van der Waals surface area contributed by atoms with Crippen LogP contribution in [-0.2, 0) is 0 Å². The van der Waals surface area contributed by atoms with E-state index in [0.717, 1.165) is 5.69 Å². The van der Waals surface area contributed by atoms with Crippen molar-refractivity contribution in [2.45, 2.75) is 26.1 Å². The lowest BCUT2D eigenvalue weighted by Gasteiger charge is -2.11. The lowest BCUT2D eigenvalue weighted by Crippen LogP contribution is -2.12. The molecule has 0 amide bonds. The van der Waals surface area contributed by atoms with E-state index in [0.29, 0.717) is 22.0 Å². The second-order valence-electron chi connectivity index (χ2n) is 4.70. The molecule has 0 radical (unpaired) electrons. The first-order valence-corrected chi connectivity index (χ1v) is 6.97. The summed E-state index contributed by atoms with van der Waals surface area (Å²) in [5.41, 5.74) is 2.32. The Balaban J connectivity index is 2.61. The first kappa shape index (κ1) is 15.1. The van der Waals surface area contributed by atoms with Crippen LogP contribution < -0.4 is 0 Å². The average Bonchev–Trinajstić information content (AvgIpc) is 2.65. The molecule has 5 heteroatoms. The number of nitrogens with zero attached hydrogens (tertiary/aromatic N) is 1. The van der Waals surface area contributed by atoms with Crippen LogP contribution in [0, 0.1) is 19.7 Å². The van der Waals surface area contributed by atoms with Crippen molar-refractivity contribution in [3.8, 4) is 5.69 Å². The molecule has 2 aromatic rings. The predicted octanol–water partition coefficient (Wildman–Crippen LogP) is 4.70. The van der Waals surface area contributed by atoms with Crippen molar-refractivity contribution in [1.82, 2.24) is 4.57 Å². The Labute approximate surface area is 127 Å². The van der Waals surface area contributed by atoms with E-state index in [2.05, 4.69) is 0 Å². The molecular formula is C15H14Cl2FNO. The van der Waals surface area contributed by atoms with Gasteiger partial charge in [0, 0.05) is 22.0 Å². The highest BCUT2D eigenvalue weighted by Crippen LogP contribution is 2.26. The Morgan fingerprint density at radius 3 is 2.50 bits per heavy atom. The van der Waals surface area contributed by atoms with E-state index in [1.807, 2.05) is 6.92 Å². The van der Waals surface area contributed by atoms with Crippen LogP contribution in [0.3, 0.4) is 0 Å². The normalized spacial score (nSPS) is 12.5. The number of rotatable bonds is 3. The second kappa shape index (κ2) is 5.58. The number of ketones is 1. The van der Waals surface area contributed by atoms with E-state index in [4.69, 9.17) is 23.2 Å². The number of halogens is 3. The first-order valence-electron chi connectivity index (χ1n) is 6.15. The van der Waals surface area contributed by atoms with Gasteiger partial charge in [-0.15, -0.1) is 11.6 Å². The maximum Gasteiger partial charge on any atom is 0.182 e. The van der Waals surface area contributed by atoms with Gasteiger partial charge in [-0.3, -0.25) is 4.79 Å². The van der Waals surface area contributed by atoms with E-state index < -0.39 is 11.2 Å². The summed E-state index contributed by atoms with van der Waals surface area (Å²) in [7, 11) is 0. The van der Waals surface area contributed by atoms with Crippen LogP contribution >= 0.6 is 23.2 Å². The molecule has 0 saturated carbocycles. The van der Waals surface area contributed by atoms with Crippen molar-refractivity contribution in [2.75, 3.05) is 0 Å². The monoisotopic (exact) mass is 313 g/mol. The predicted molar refractivity (Wildman–Crippen MR) is 79.9 cm³/mol. The molecule has 106 valence electrons. The Morgan fingerprint density at radius 1 is 1.30 bits per heavy atom. The molecule has 1 aromatic heterocycles. The number of aryl methyl sites for hydroxylation is 1. The number of carbonyl (C=O) groups is 1. The molecule has 0 aliphatic carbocycles. The highest BCUT2D eigenvalue weighted by atomic mass is 35.5. The average molecular weight is 314 g/mol. The van der Waals surface area contributed by atoms with Crippen LogP contribution in [0.25, 0.3) is 5.69 Å². The largest absolute Gasteiger partial charge is 0.315 e. The third-order valence-electron chi connectivity index (χ3n) is 3.21. The number of hydrogen-bond acceptors (Lipinski definition) is 1. The molecule has 1 atom stereocenters. The molecule has 0 aliphatic heterocycles. The molecule has 0 N–H and O–H groups in total. The Hall–Kier alpha value is -1.32. The molecule has 0 saturated heterocycles. The molecule has 0 aliphatic rings. The zero-order valence-electron chi connectivity index (χ0n) is 11.4. The fourth-order valence-electron chi connectivity index (χ4n) is 2.26. The van der Waals surface area contributed by atoms with E-state index in [-0.39, 0.29) is 5.78 Å². The van der Waals surface area contributed by atoms with Gasteiger partial charge in [0.1, 0.15) is 5.82 Å². The van der Waals surface area contributed by atoms with Crippen molar-refractivity contribution >= 4 is 29.0 Å². The fraction of sp³-hybridized carbons (Fsp3) is 0.267. The van der Waals surface area contributed by atoms with Crippen LogP contribution in [0.5, 0.6) is 0 Å². The number of aromatic nitrogens is 1. The zero-order valence-corrected chi connectivity index (χ0v) is 12.9. The Kier molecular flexibility index (Phi) is 4.21. The molecule has 1 unspecified atom stereocenters. The van der Waals surface area contributed by atoms with Crippen LogP contribution in [-0.4, -0.2) is 15.7 Å². The van der Waals surface area contributed by atoms with Crippen LogP contribution in [0.2, 0.25) is 5.02 Å². The summed E-state index contributed by atoms with van der Waals surface area (Å²) in [4.78, 5) is 12.0. The van der Waals surface area contributed by atoms with Gasteiger partial charge < -0.3 is 4.57 Å². The first-order chi connectivity index (χ1) is 9.32. The molecule has 0 spiro atoms. The number of carbonyl (C=O) groups excluding carboxylic acids is 1. The van der Waals surface area contributed by atoms with Crippen molar-refractivity contribution in [3.05, 3.63) is 52.1 Å². The van der Waals surface area contributed by atoms with E-state index in [9.17, 15) is 9.18 Å². The molecule has 2 nitrogen and oxygen atoms in total. The van der Waals surface area contributed by atoms with Gasteiger partial charge in [0.25, 0.3) is 0 Å². The molecule has 20 heavy (non-hydrogen) atoms. The van der Waals surface area contributed by atoms with E-state index in [1.54, 1.807) is 36.6 Å². The van der Waals surface area contributed by atoms with Gasteiger partial charge in [0.05, 0.1) is 11.1 Å². The summed E-state index contributed by atoms with van der Waals surface area (Å²) in [5.74, 6) is -0.599. The summed E-state index contributed by atoms with van der Waals surface area (Å²) in [6.07, 6.45) is 0. The quantitative estimate of drug-likeness (QED) is 0.595. The van der Waals surface area contributed by atoms with Crippen molar-refractivity contribution < 1.29 is 9.18 Å². The summed E-state index contributed by atoms with van der Waals surface area (Å²) in [5, 5.41) is -0.279. The van der Waals surface area contributed by atoms with Gasteiger partial charge in [-0.25, -0.2) is 4.39 Å². The minimum Gasteiger partial charge on any atom is -0.315 e. The molecule has 2 rings (SSSR count). The maximum atomic E-state index is 14.0. The Morgan fingerprint density at radius 2 is 1.95 bits per heavy atom. The number of Topliss-reactive ketones (excluding diaryl/α,β-unsaturated/α-hetero) is 1. The molecule has 0 bridgehead atoms. The molecule has 0 fully saturated rings. The van der Waals surface area contributed by atoms with Crippen LogP contribution in [0.4, 0.5) is 4.39 Å². The number of benzene rings is 1. The summed E-state index contributed by atoms with van der Waals surface area (Å²) >= 11 is 11.6. The third kappa shape index (κ3) is 2.60. The fourth-order valence-corrected chi connectivity index (χ4v) is 2.54. The minimum atomic E-state index is -0.612. The summed E-state index contributed by atoms with van der Waals surface area (Å²) in [6, 6.07) is 6.19. The number of alkyl halides is 1. The molecule has 1 aromatic carbocycles. The third-order valence-corrected chi connectivity index (χ3v) is 3.64. The van der Waals surface area contributed by atoms with Crippen molar-refractivity contribution in [3.63, 3.8) is 0 Å². The summed E-state index contributed by atoms with van der Waals surface area (Å²) in [6.45, 7) is 5.21. The van der Waals surface area contributed by atoms with E-state index >= 15 is 0 Å². The second-order valence-corrected chi connectivity index (χ2v) is 5.79. The van der Waals surface area contributed by atoms with Gasteiger partial charge >= 0.3 is 0 Å². The topological polar surface area (TPSA) is 22.0 Å². The van der Waals surface area contributed by atoms with Gasteiger partial charge in [-0.05, 0) is 45.0 Å². The lowest BCUT2D eigenvalue weighted by atomic mass is 10.1. The maximum absolute atomic E-state index is 14.0. The van der Waals surface area contributed by atoms with Gasteiger partial charge in [-0.2, -0.15) is 0 Å². The highest BCUT2D eigenvalue weighted by molar-refractivity contribution is 6.33. The molecular weight excluding hydrogens is 300 g/mol. The lowest BCUT2D eigenvalue weighted by molar-refractivity contribution is 0.0991. The van der Waals surface area contributed by atoms with Crippen LogP contribution in [0.15, 0.2) is 24.3 Å². The Bertz CT molecular complexity index is 677. The van der Waals surface area contributed by atoms with Gasteiger partial charge in [-0.1, -0.05) is 11.6 Å². The van der Waals surface area contributed by atoms with Crippen LogP contribution in [0.1, 0.15) is 28.7 Å².